The van der Waals surface area contributed by atoms with Gasteiger partial charge in [0.05, 0.1) is 0 Å². The summed E-state index contributed by atoms with van der Waals surface area (Å²) >= 11 is 1.53. The molecule has 21 heavy (non-hydrogen) atoms. The van der Waals surface area contributed by atoms with Gasteiger partial charge >= 0.3 is 0 Å². The second-order valence-electron chi connectivity index (χ2n) is 5.63. The molecule has 0 radical (unpaired) electrons. The Morgan fingerprint density at radius 3 is 2.86 bits per heavy atom. The summed E-state index contributed by atoms with van der Waals surface area (Å²) in [5.41, 5.74) is 4.34. The molecule has 2 aliphatic rings. The number of nitrogens with one attached hydrogen (secondary N) is 1. The quantitative estimate of drug-likeness (QED) is 0.689. The van der Waals surface area contributed by atoms with Gasteiger partial charge in [-0.15, -0.1) is 10.2 Å². The van der Waals surface area contributed by atoms with Gasteiger partial charge in [-0.05, 0) is 37.4 Å². The van der Waals surface area contributed by atoms with Crippen LogP contribution in [0.4, 0.5) is 11.5 Å². The molecule has 1 saturated heterocycles. The van der Waals surface area contributed by atoms with Crippen molar-refractivity contribution in [2.75, 3.05) is 23.4 Å². The molecule has 4 heterocycles. The first kappa shape index (κ1) is 12.9. The molecule has 1 fully saturated rings. The highest BCUT2D eigenvalue weighted by Gasteiger charge is 2.27. The van der Waals surface area contributed by atoms with Crippen molar-refractivity contribution in [3.63, 3.8) is 0 Å². The van der Waals surface area contributed by atoms with Gasteiger partial charge in [-0.2, -0.15) is 0 Å². The molecule has 110 valence electrons. The second kappa shape index (κ2) is 4.87. The number of anilines is 2. The van der Waals surface area contributed by atoms with Crippen LogP contribution >= 0.6 is 11.8 Å². The normalized spacial score (nSPS) is 18.1. The Morgan fingerprint density at radius 2 is 2.05 bits per heavy atom. The van der Waals surface area contributed by atoms with Gasteiger partial charge in [-0.3, -0.25) is 5.43 Å². The maximum atomic E-state index is 4.51. The first-order valence-corrected chi connectivity index (χ1v) is 8.01. The van der Waals surface area contributed by atoms with Gasteiger partial charge in [0.1, 0.15) is 22.9 Å². The number of fused-ring (bicyclic) bond motifs is 2. The lowest BCUT2D eigenvalue weighted by atomic mass is 9.99. The van der Waals surface area contributed by atoms with Gasteiger partial charge in [0.15, 0.2) is 5.82 Å². The van der Waals surface area contributed by atoms with Crippen molar-refractivity contribution < 1.29 is 0 Å². The highest BCUT2D eigenvalue weighted by atomic mass is 32.2. The van der Waals surface area contributed by atoms with Crippen LogP contribution in [-0.2, 0) is 0 Å². The van der Waals surface area contributed by atoms with Crippen LogP contribution < -0.4 is 10.3 Å². The zero-order valence-corrected chi connectivity index (χ0v) is 12.9. The zero-order chi connectivity index (χ0) is 14.4. The Hall–Kier alpha value is -1.83. The number of aryl methyl sites for hydroxylation is 1. The molecular formula is C13H17N7S. The summed E-state index contributed by atoms with van der Waals surface area (Å²) in [5, 5.41) is 9.98. The van der Waals surface area contributed by atoms with E-state index in [9.17, 15) is 0 Å². The summed E-state index contributed by atoms with van der Waals surface area (Å²) in [6.45, 7) is 6.34. The predicted molar refractivity (Wildman–Crippen MR) is 80.5 cm³/mol. The molecule has 0 aliphatic carbocycles. The van der Waals surface area contributed by atoms with E-state index < -0.39 is 0 Å². The number of piperidine rings is 1. The molecule has 0 bridgehead atoms. The Morgan fingerprint density at radius 1 is 1.24 bits per heavy atom. The van der Waals surface area contributed by atoms with E-state index in [2.05, 4.69) is 37.4 Å². The molecule has 2 aliphatic heterocycles. The SMILES string of the molecule is Cc1nnc2n1Nc1c(ncnc1N1CCC(C)CC1)S2. The number of aromatic nitrogens is 5. The topological polar surface area (TPSA) is 71.8 Å². The van der Waals surface area contributed by atoms with Crippen molar-refractivity contribution in [1.29, 1.82) is 0 Å². The average molecular weight is 303 g/mol. The third-order valence-electron chi connectivity index (χ3n) is 4.08. The molecule has 0 aromatic carbocycles. The fraction of sp³-hybridized carbons (Fsp3) is 0.538. The van der Waals surface area contributed by atoms with Gasteiger partial charge in [-0.1, -0.05) is 6.92 Å². The number of nitrogens with zero attached hydrogens (tertiary/aromatic N) is 6. The molecule has 0 atom stereocenters. The maximum absolute atomic E-state index is 4.51. The van der Waals surface area contributed by atoms with Crippen LogP contribution in [-0.4, -0.2) is 37.9 Å². The van der Waals surface area contributed by atoms with E-state index in [0.29, 0.717) is 0 Å². The third kappa shape index (κ3) is 2.14. The Bertz CT molecular complexity index is 675. The fourth-order valence-electron chi connectivity index (χ4n) is 2.73. The predicted octanol–water partition coefficient (Wildman–Crippen LogP) is 1.95. The van der Waals surface area contributed by atoms with Crippen LogP contribution in [0.3, 0.4) is 0 Å². The van der Waals surface area contributed by atoms with Crippen LogP contribution in [0.2, 0.25) is 0 Å². The van der Waals surface area contributed by atoms with Gasteiger partial charge in [0, 0.05) is 13.1 Å². The maximum Gasteiger partial charge on any atom is 0.216 e. The zero-order valence-electron chi connectivity index (χ0n) is 12.1. The van der Waals surface area contributed by atoms with Crippen LogP contribution in [0, 0.1) is 12.8 Å². The van der Waals surface area contributed by atoms with Gasteiger partial charge < -0.3 is 4.90 Å². The van der Waals surface area contributed by atoms with Crippen LogP contribution in [0.25, 0.3) is 0 Å². The molecule has 1 N–H and O–H groups in total. The fourth-order valence-corrected chi connectivity index (χ4v) is 3.59. The molecule has 0 spiro atoms. The van der Waals surface area contributed by atoms with Crippen molar-refractivity contribution in [1.82, 2.24) is 24.8 Å². The van der Waals surface area contributed by atoms with Crippen molar-refractivity contribution in [2.24, 2.45) is 5.92 Å². The second-order valence-corrected chi connectivity index (χ2v) is 6.58. The van der Waals surface area contributed by atoms with E-state index in [1.165, 1.54) is 24.6 Å². The standard InChI is InChI=1S/C13H17N7S/c1-8-3-5-19(6-4-8)11-10-12(15-7-14-11)21-13-17-16-9(2)20(13)18-10/h7-8,18H,3-6H2,1-2H3. The monoisotopic (exact) mass is 303 g/mol. The average Bonchev–Trinajstić information content (AvgIpc) is 2.86. The highest BCUT2D eigenvalue weighted by Crippen LogP contribution is 2.40. The Balaban J connectivity index is 1.70. The minimum atomic E-state index is 0.799. The Labute approximate surface area is 127 Å². The lowest BCUT2D eigenvalue weighted by Gasteiger charge is -2.33. The van der Waals surface area contributed by atoms with E-state index in [1.54, 1.807) is 6.33 Å². The minimum absolute atomic E-state index is 0.799. The molecule has 0 unspecified atom stereocenters. The van der Waals surface area contributed by atoms with Crippen molar-refractivity contribution in [3.05, 3.63) is 12.2 Å². The minimum Gasteiger partial charge on any atom is -0.355 e. The van der Waals surface area contributed by atoms with Gasteiger partial charge in [0.2, 0.25) is 5.16 Å². The van der Waals surface area contributed by atoms with Gasteiger partial charge in [-0.25, -0.2) is 14.6 Å². The van der Waals surface area contributed by atoms with E-state index in [-0.39, 0.29) is 0 Å². The van der Waals surface area contributed by atoms with Crippen molar-refractivity contribution in [2.45, 2.75) is 36.9 Å². The molecule has 4 rings (SSSR count). The molecule has 2 aromatic heterocycles. The summed E-state index contributed by atoms with van der Waals surface area (Å²) < 4.78 is 1.90. The number of rotatable bonds is 1. The van der Waals surface area contributed by atoms with E-state index in [4.69, 9.17) is 0 Å². The first-order valence-electron chi connectivity index (χ1n) is 7.19. The Kier molecular flexibility index (Phi) is 2.99. The molecule has 0 amide bonds. The molecule has 0 saturated carbocycles. The van der Waals surface area contributed by atoms with Crippen LogP contribution in [0.15, 0.2) is 16.5 Å². The number of hydrogen-bond acceptors (Lipinski definition) is 7. The van der Waals surface area contributed by atoms with Crippen molar-refractivity contribution >= 4 is 23.3 Å². The summed E-state index contributed by atoms with van der Waals surface area (Å²) in [4.78, 5) is 11.2. The largest absolute Gasteiger partial charge is 0.355 e. The van der Waals surface area contributed by atoms with Crippen LogP contribution in [0.5, 0.6) is 0 Å². The van der Waals surface area contributed by atoms with E-state index in [0.717, 1.165) is 46.5 Å². The third-order valence-corrected chi connectivity index (χ3v) is 5.03. The summed E-state index contributed by atoms with van der Waals surface area (Å²) in [7, 11) is 0. The molecule has 7 nitrogen and oxygen atoms in total. The van der Waals surface area contributed by atoms with E-state index >= 15 is 0 Å². The first-order chi connectivity index (χ1) is 10.2. The van der Waals surface area contributed by atoms with Crippen LogP contribution in [0.1, 0.15) is 25.6 Å². The lowest BCUT2D eigenvalue weighted by molar-refractivity contribution is 0.436. The van der Waals surface area contributed by atoms with E-state index in [1.807, 2.05) is 11.6 Å². The molecule has 8 heteroatoms. The van der Waals surface area contributed by atoms with Gasteiger partial charge in [0.25, 0.3) is 0 Å². The van der Waals surface area contributed by atoms with Crippen molar-refractivity contribution in [3.8, 4) is 0 Å². The summed E-state index contributed by atoms with van der Waals surface area (Å²) in [5.74, 6) is 2.62. The summed E-state index contributed by atoms with van der Waals surface area (Å²) in [6, 6.07) is 0. The summed E-state index contributed by atoms with van der Waals surface area (Å²) in [6.07, 6.45) is 4.06. The lowest BCUT2D eigenvalue weighted by Crippen LogP contribution is -2.34. The molecule has 2 aromatic rings. The highest BCUT2D eigenvalue weighted by molar-refractivity contribution is 7.99. The smallest absolute Gasteiger partial charge is 0.216 e. The molecular weight excluding hydrogens is 286 g/mol. The number of hydrogen-bond donors (Lipinski definition) is 1.